The van der Waals surface area contributed by atoms with Crippen LogP contribution in [-0.2, 0) is 13.1 Å². The molecule has 1 aliphatic carbocycles. The van der Waals surface area contributed by atoms with Gasteiger partial charge < -0.3 is 4.42 Å². The minimum Gasteiger partial charge on any atom is -0.444 e. The van der Waals surface area contributed by atoms with E-state index in [1.165, 1.54) is 25.0 Å². The predicted octanol–water partition coefficient (Wildman–Crippen LogP) is 4.13. The molecule has 3 aromatic rings. The molecule has 0 N–H and O–H groups in total. The average Bonchev–Trinajstić information content (AvgIpc) is 3.28. The summed E-state index contributed by atoms with van der Waals surface area (Å²) in [6.45, 7) is 5.79. The maximum atomic E-state index is 13.1. The average molecular weight is 399 g/mol. The van der Waals surface area contributed by atoms with Crippen molar-refractivity contribution in [2.24, 2.45) is 0 Å². The number of nitrogens with zero attached hydrogens (tertiary/aromatic N) is 4. The standard InChI is InChI=1S/C21H23FN4OS/c22-17-5-3-16(4-6-17)21-24-18(14-28-21)12-25-7-9-26(10-8-25)13-19-11-23-20(27-19)15-1-2-15/h3-6,11,14-15H,1-2,7-10,12-13H2. The van der Waals surface area contributed by atoms with Crippen molar-refractivity contribution in [3.05, 3.63) is 59.0 Å². The van der Waals surface area contributed by atoms with Crippen LogP contribution in [-0.4, -0.2) is 45.9 Å². The molecule has 0 bridgehead atoms. The Labute approximate surface area is 167 Å². The minimum absolute atomic E-state index is 0.215. The van der Waals surface area contributed by atoms with Gasteiger partial charge in [-0.05, 0) is 37.1 Å². The number of hydrogen-bond donors (Lipinski definition) is 0. The van der Waals surface area contributed by atoms with Gasteiger partial charge in [0.25, 0.3) is 0 Å². The van der Waals surface area contributed by atoms with Gasteiger partial charge in [-0.25, -0.2) is 14.4 Å². The first-order valence-electron chi connectivity index (χ1n) is 9.82. The third-order valence-electron chi connectivity index (χ3n) is 5.37. The van der Waals surface area contributed by atoms with Crippen LogP contribution >= 0.6 is 11.3 Å². The molecule has 5 rings (SSSR count). The van der Waals surface area contributed by atoms with E-state index < -0.39 is 0 Å². The summed E-state index contributed by atoms with van der Waals surface area (Å²) in [7, 11) is 0. The number of rotatable bonds is 6. The molecule has 0 amide bonds. The predicted molar refractivity (Wildman–Crippen MR) is 107 cm³/mol. The molecule has 2 fully saturated rings. The van der Waals surface area contributed by atoms with E-state index in [2.05, 4.69) is 20.2 Å². The Bertz CT molecular complexity index is 926. The van der Waals surface area contributed by atoms with Crippen LogP contribution in [0, 0.1) is 5.82 Å². The van der Waals surface area contributed by atoms with Gasteiger partial charge in [0.15, 0.2) is 5.89 Å². The highest BCUT2D eigenvalue weighted by Gasteiger charge is 2.29. The van der Waals surface area contributed by atoms with Gasteiger partial charge in [0.1, 0.15) is 16.6 Å². The van der Waals surface area contributed by atoms with Crippen molar-refractivity contribution in [3.63, 3.8) is 0 Å². The molecule has 0 radical (unpaired) electrons. The summed E-state index contributed by atoms with van der Waals surface area (Å²) in [4.78, 5) is 14.0. The van der Waals surface area contributed by atoms with Gasteiger partial charge in [-0.3, -0.25) is 9.80 Å². The highest BCUT2D eigenvalue weighted by Crippen LogP contribution is 2.39. The Morgan fingerprint density at radius 2 is 1.75 bits per heavy atom. The number of oxazole rings is 1. The summed E-state index contributed by atoms with van der Waals surface area (Å²) in [5.41, 5.74) is 2.06. The second kappa shape index (κ2) is 7.73. The number of hydrogen-bond acceptors (Lipinski definition) is 6. The van der Waals surface area contributed by atoms with Crippen LogP contribution in [0.4, 0.5) is 4.39 Å². The zero-order chi connectivity index (χ0) is 18.9. The largest absolute Gasteiger partial charge is 0.444 e. The van der Waals surface area contributed by atoms with Crippen molar-refractivity contribution in [2.45, 2.75) is 31.8 Å². The van der Waals surface area contributed by atoms with Gasteiger partial charge in [-0.2, -0.15) is 0 Å². The van der Waals surface area contributed by atoms with Gasteiger partial charge in [0.2, 0.25) is 0 Å². The molecule has 2 aliphatic rings. The van der Waals surface area contributed by atoms with E-state index in [1.54, 1.807) is 23.5 Å². The van der Waals surface area contributed by atoms with E-state index in [0.29, 0.717) is 5.92 Å². The Hall–Kier alpha value is -2.09. The minimum atomic E-state index is -0.215. The smallest absolute Gasteiger partial charge is 0.197 e. The molecule has 1 aliphatic heterocycles. The van der Waals surface area contributed by atoms with Crippen molar-refractivity contribution in [1.82, 2.24) is 19.8 Å². The van der Waals surface area contributed by atoms with E-state index in [9.17, 15) is 4.39 Å². The van der Waals surface area contributed by atoms with Gasteiger partial charge in [0, 0.05) is 49.6 Å². The van der Waals surface area contributed by atoms with Crippen LogP contribution in [0.5, 0.6) is 0 Å². The molecule has 3 heterocycles. The van der Waals surface area contributed by atoms with Crippen LogP contribution in [0.1, 0.15) is 36.1 Å². The SMILES string of the molecule is Fc1ccc(-c2nc(CN3CCN(Cc4cnc(C5CC5)o4)CC3)cs2)cc1. The van der Waals surface area contributed by atoms with Crippen molar-refractivity contribution in [1.29, 1.82) is 0 Å². The third kappa shape index (κ3) is 4.16. The number of halogens is 1. The number of thiazole rings is 1. The highest BCUT2D eigenvalue weighted by molar-refractivity contribution is 7.13. The zero-order valence-corrected chi connectivity index (χ0v) is 16.5. The molecule has 1 saturated carbocycles. The Balaban J connectivity index is 1.12. The first-order chi connectivity index (χ1) is 13.7. The first kappa shape index (κ1) is 18.0. The summed E-state index contributed by atoms with van der Waals surface area (Å²) >= 11 is 1.62. The highest BCUT2D eigenvalue weighted by atomic mass is 32.1. The number of aromatic nitrogens is 2. The molecule has 0 atom stereocenters. The van der Waals surface area contributed by atoms with Crippen LogP contribution < -0.4 is 0 Å². The molecule has 146 valence electrons. The van der Waals surface area contributed by atoms with Gasteiger partial charge in [-0.15, -0.1) is 11.3 Å². The summed E-state index contributed by atoms with van der Waals surface area (Å²) in [6.07, 6.45) is 4.34. The van der Waals surface area contributed by atoms with E-state index in [-0.39, 0.29) is 5.82 Å². The second-order valence-corrected chi connectivity index (χ2v) is 8.50. The molecule has 28 heavy (non-hydrogen) atoms. The fourth-order valence-electron chi connectivity index (χ4n) is 3.57. The van der Waals surface area contributed by atoms with Crippen LogP contribution in [0.3, 0.4) is 0 Å². The first-order valence-corrected chi connectivity index (χ1v) is 10.7. The summed E-state index contributed by atoms with van der Waals surface area (Å²) < 4.78 is 19.0. The lowest BCUT2D eigenvalue weighted by atomic mass is 10.2. The van der Waals surface area contributed by atoms with Gasteiger partial charge in [0.05, 0.1) is 18.4 Å². The molecular formula is C21H23FN4OS. The summed E-state index contributed by atoms with van der Waals surface area (Å²) in [5, 5.41) is 3.06. The lowest BCUT2D eigenvalue weighted by Gasteiger charge is -2.33. The van der Waals surface area contributed by atoms with Crippen LogP contribution in [0.2, 0.25) is 0 Å². The normalized spacial score (nSPS) is 18.6. The molecular weight excluding hydrogens is 375 g/mol. The molecule has 5 nitrogen and oxygen atoms in total. The Morgan fingerprint density at radius 3 is 2.46 bits per heavy atom. The van der Waals surface area contributed by atoms with Gasteiger partial charge >= 0.3 is 0 Å². The van der Waals surface area contributed by atoms with Crippen LogP contribution in [0.15, 0.2) is 40.3 Å². The van der Waals surface area contributed by atoms with E-state index in [0.717, 1.165) is 67.2 Å². The fourth-order valence-corrected chi connectivity index (χ4v) is 4.39. The van der Waals surface area contributed by atoms with Crippen molar-refractivity contribution in [2.75, 3.05) is 26.2 Å². The second-order valence-electron chi connectivity index (χ2n) is 7.64. The molecule has 1 saturated heterocycles. The van der Waals surface area contributed by atoms with E-state index >= 15 is 0 Å². The van der Waals surface area contributed by atoms with E-state index in [4.69, 9.17) is 9.40 Å². The molecule has 7 heteroatoms. The maximum absolute atomic E-state index is 13.1. The third-order valence-corrected chi connectivity index (χ3v) is 6.31. The zero-order valence-electron chi connectivity index (χ0n) is 15.7. The van der Waals surface area contributed by atoms with E-state index in [1.807, 2.05) is 6.20 Å². The maximum Gasteiger partial charge on any atom is 0.197 e. The lowest BCUT2D eigenvalue weighted by Crippen LogP contribution is -2.45. The Kier molecular flexibility index (Phi) is 4.96. The Morgan fingerprint density at radius 1 is 1.04 bits per heavy atom. The monoisotopic (exact) mass is 398 g/mol. The lowest BCUT2D eigenvalue weighted by molar-refractivity contribution is 0.115. The van der Waals surface area contributed by atoms with Crippen LogP contribution in [0.25, 0.3) is 10.6 Å². The fraction of sp³-hybridized carbons (Fsp3) is 0.429. The number of benzene rings is 1. The molecule has 0 unspecified atom stereocenters. The van der Waals surface area contributed by atoms with Gasteiger partial charge in [-0.1, -0.05) is 0 Å². The molecule has 2 aromatic heterocycles. The van der Waals surface area contributed by atoms with Crippen molar-refractivity contribution < 1.29 is 8.81 Å². The molecule has 0 spiro atoms. The topological polar surface area (TPSA) is 45.4 Å². The molecule has 1 aromatic carbocycles. The summed E-state index contributed by atoms with van der Waals surface area (Å²) in [5.74, 6) is 2.27. The van der Waals surface area contributed by atoms with Crippen molar-refractivity contribution in [3.8, 4) is 10.6 Å². The van der Waals surface area contributed by atoms with Crippen molar-refractivity contribution >= 4 is 11.3 Å². The summed E-state index contributed by atoms with van der Waals surface area (Å²) in [6, 6.07) is 6.54. The quantitative estimate of drug-likeness (QED) is 0.625. The number of piperazine rings is 1.